The number of rotatable bonds is 6. The van der Waals surface area contributed by atoms with E-state index in [1.807, 2.05) is 30.3 Å². The summed E-state index contributed by atoms with van der Waals surface area (Å²) < 4.78 is 4.97. The molecule has 6 nitrogen and oxygen atoms in total. The second kappa shape index (κ2) is 8.81. The monoisotopic (exact) mass is 375 g/mol. The summed E-state index contributed by atoms with van der Waals surface area (Å²) in [6, 6.07) is 19.7. The summed E-state index contributed by atoms with van der Waals surface area (Å²) in [5.41, 5.74) is 2.57. The fraction of sp³-hybridized carbons (Fsp3) is 0.136. The summed E-state index contributed by atoms with van der Waals surface area (Å²) in [6.45, 7) is 2.10. The molecule has 0 radical (unpaired) electrons. The fourth-order valence-electron chi connectivity index (χ4n) is 2.65. The van der Waals surface area contributed by atoms with Gasteiger partial charge in [0.2, 0.25) is 0 Å². The van der Waals surface area contributed by atoms with Crippen LogP contribution in [0.3, 0.4) is 0 Å². The lowest BCUT2D eigenvalue weighted by Crippen LogP contribution is -2.26. The van der Waals surface area contributed by atoms with E-state index in [4.69, 9.17) is 4.74 Å². The van der Waals surface area contributed by atoms with Crippen molar-refractivity contribution in [3.63, 3.8) is 0 Å². The van der Waals surface area contributed by atoms with Crippen LogP contribution in [-0.4, -0.2) is 30.5 Å². The van der Waals surface area contributed by atoms with Crippen LogP contribution in [0.1, 0.15) is 27.6 Å². The van der Waals surface area contributed by atoms with Gasteiger partial charge in [-0.05, 0) is 55.5 Å². The van der Waals surface area contributed by atoms with Gasteiger partial charge in [0.1, 0.15) is 5.82 Å². The van der Waals surface area contributed by atoms with Gasteiger partial charge >= 0.3 is 5.97 Å². The molecule has 1 aromatic heterocycles. The molecule has 3 aromatic rings. The predicted octanol–water partition coefficient (Wildman–Crippen LogP) is 4.28. The molecular formula is C22H21N3O3. The Kier molecular flexibility index (Phi) is 6.01. The highest BCUT2D eigenvalue weighted by molar-refractivity contribution is 6.06. The molecule has 0 aliphatic heterocycles. The second-order valence-electron chi connectivity index (χ2n) is 6.05. The Morgan fingerprint density at radius 3 is 2.39 bits per heavy atom. The third-order valence-electron chi connectivity index (χ3n) is 4.12. The Labute approximate surface area is 163 Å². The number of aromatic nitrogens is 1. The first-order valence-electron chi connectivity index (χ1n) is 8.92. The zero-order valence-electron chi connectivity index (χ0n) is 15.8. The molecule has 142 valence electrons. The van der Waals surface area contributed by atoms with Crippen LogP contribution in [0.2, 0.25) is 0 Å². The molecule has 0 aliphatic rings. The van der Waals surface area contributed by atoms with E-state index in [2.05, 4.69) is 10.3 Å². The van der Waals surface area contributed by atoms with Crippen LogP contribution in [0.15, 0.2) is 72.9 Å². The molecule has 1 amide bonds. The zero-order valence-corrected chi connectivity index (χ0v) is 15.8. The highest BCUT2D eigenvalue weighted by Crippen LogP contribution is 2.19. The van der Waals surface area contributed by atoms with Gasteiger partial charge < -0.3 is 15.0 Å². The lowest BCUT2D eigenvalue weighted by atomic mass is 10.2. The number of pyridine rings is 1. The molecule has 0 atom stereocenters. The first-order valence-corrected chi connectivity index (χ1v) is 8.92. The number of esters is 1. The lowest BCUT2D eigenvalue weighted by Gasteiger charge is -2.17. The number of para-hydroxylation sites is 1. The maximum Gasteiger partial charge on any atom is 0.338 e. The Bertz CT molecular complexity index is 956. The minimum atomic E-state index is -0.358. The van der Waals surface area contributed by atoms with Gasteiger partial charge in [-0.1, -0.05) is 18.2 Å². The number of nitrogens with zero attached hydrogens (tertiary/aromatic N) is 2. The first-order chi connectivity index (χ1) is 13.6. The molecule has 28 heavy (non-hydrogen) atoms. The van der Waals surface area contributed by atoms with E-state index in [1.165, 1.54) is 0 Å². The van der Waals surface area contributed by atoms with Crippen LogP contribution in [0.25, 0.3) is 0 Å². The van der Waals surface area contributed by atoms with Crippen LogP contribution in [0.5, 0.6) is 0 Å². The summed E-state index contributed by atoms with van der Waals surface area (Å²) in [7, 11) is 1.74. The third kappa shape index (κ3) is 4.54. The van der Waals surface area contributed by atoms with Gasteiger partial charge in [-0.25, -0.2) is 9.78 Å². The molecule has 1 heterocycles. The van der Waals surface area contributed by atoms with Crippen LogP contribution in [-0.2, 0) is 4.74 Å². The largest absolute Gasteiger partial charge is 0.462 e. The minimum absolute atomic E-state index is 0.130. The van der Waals surface area contributed by atoms with Crippen molar-refractivity contribution in [3.05, 3.63) is 84.1 Å². The molecule has 0 aliphatic carbocycles. The van der Waals surface area contributed by atoms with Crippen molar-refractivity contribution in [2.75, 3.05) is 23.9 Å². The topological polar surface area (TPSA) is 71.5 Å². The Hall–Kier alpha value is -3.67. The quantitative estimate of drug-likeness (QED) is 0.651. The average Bonchev–Trinajstić information content (AvgIpc) is 2.74. The standard InChI is InChI=1S/C22H21N3O3/c1-3-28-22(27)16-9-11-18(12-10-16)24-20-15-17(13-14-23-20)21(26)25(2)19-7-5-4-6-8-19/h4-15H,3H2,1-2H3,(H,23,24). The van der Waals surface area contributed by atoms with Crippen molar-refractivity contribution in [1.82, 2.24) is 4.98 Å². The van der Waals surface area contributed by atoms with E-state index >= 15 is 0 Å². The van der Waals surface area contributed by atoms with E-state index in [0.717, 1.165) is 11.4 Å². The number of nitrogens with one attached hydrogen (secondary N) is 1. The van der Waals surface area contributed by atoms with E-state index < -0.39 is 0 Å². The van der Waals surface area contributed by atoms with Crippen LogP contribution < -0.4 is 10.2 Å². The lowest BCUT2D eigenvalue weighted by molar-refractivity contribution is 0.0526. The molecule has 6 heteroatoms. The highest BCUT2D eigenvalue weighted by Gasteiger charge is 2.14. The van der Waals surface area contributed by atoms with Gasteiger partial charge in [0.05, 0.1) is 12.2 Å². The summed E-state index contributed by atoms with van der Waals surface area (Å²) in [5.74, 6) is 0.0502. The third-order valence-corrected chi connectivity index (χ3v) is 4.12. The summed E-state index contributed by atoms with van der Waals surface area (Å²) in [6.07, 6.45) is 1.58. The van der Waals surface area contributed by atoms with Crippen LogP contribution >= 0.6 is 0 Å². The van der Waals surface area contributed by atoms with Crippen molar-refractivity contribution < 1.29 is 14.3 Å². The van der Waals surface area contributed by atoms with Crippen molar-refractivity contribution in [1.29, 1.82) is 0 Å². The smallest absolute Gasteiger partial charge is 0.338 e. The highest BCUT2D eigenvalue weighted by atomic mass is 16.5. The zero-order chi connectivity index (χ0) is 19.9. The number of carbonyl (C=O) groups is 2. The number of ether oxygens (including phenoxy) is 1. The molecule has 0 saturated heterocycles. The van der Waals surface area contributed by atoms with E-state index in [9.17, 15) is 9.59 Å². The summed E-state index contributed by atoms with van der Waals surface area (Å²) in [5, 5.41) is 3.14. The molecule has 0 saturated carbocycles. The molecule has 0 bridgehead atoms. The van der Waals surface area contributed by atoms with E-state index in [0.29, 0.717) is 23.6 Å². The van der Waals surface area contributed by atoms with Crippen molar-refractivity contribution in [3.8, 4) is 0 Å². The van der Waals surface area contributed by atoms with Gasteiger partial charge in [0.25, 0.3) is 5.91 Å². The van der Waals surface area contributed by atoms with Crippen LogP contribution in [0, 0.1) is 0 Å². The Morgan fingerprint density at radius 1 is 1.00 bits per heavy atom. The molecule has 0 unspecified atom stereocenters. The normalized spacial score (nSPS) is 10.2. The van der Waals surface area contributed by atoms with Crippen molar-refractivity contribution >= 4 is 29.1 Å². The van der Waals surface area contributed by atoms with Gasteiger partial charge in [-0.15, -0.1) is 0 Å². The molecule has 0 fully saturated rings. The summed E-state index contributed by atoms with van der Waals surface area (Å²) in [4.78, 5) is 30.3. The second-order valence-corrected chi connectivity index (χ2v) is 6.05. The van der Waals surface area contributed by atoms with Gasteiger partial charge in [0, 0.05) is 30.2 Å². The number of carbonyl (C=O) groups excluding carboxylic acids is 2. The van der Waals surface area contributed by atoms with Crippen molar-refractivity contribution in [2.45, 2.75) is 6.92 Å². The van der Waals surface area contributed by atoms with E-state index in [-0.39, 0.29) is 11.9 Å². The number of anilines is 3. The Morgan fingerprint density at radius 2 is 1.71 bits per heavy atom. The van der Waals surface area contributed by atoms with Crippen molar-refractivity contribution in [2.24, 2.45) is 0 Å². The average molecular weight is 375 g/mol. The molecule has 3 rings (SSSR count). The predicted molar refractivity (Wildman–Crippen MR) is 109 cm³/mol. The molecular weight excluding hydrogens is 354 g/mol. The maximum atomic E-state index is 12.7. The van der Waals surface area contributed by atoms with E-state index in [1.54, 1.807) is 61.5 Å². The SMILES string of the molecule is CCOC(=O)c1ccc(Nc2cc(C(=O)N(C)c3ccccc3)ccn2)cc1. The minimum Gasteiger partial charge on any atom is -0.462 e. The van der Waals surface area contributed by atoms with Gasteiger partial charge in [-0.2, -0.15) is 0 Å². The molecule has 2 aromatic carbocycles. The number of hydrogen-bond acceptors (Lipinski definition) is 5. The first kappa shape index (κ1) is 19.1. The molecule has 1 N–H and O–H groups in total. The molecule has 0 spiro atoms. The summed E-state index contributed by atoms with van der Waals surface area (Å²) >= 11 is 0. The van der Waals surface area contributed by atoms with Crippen LogP contribution in [0.4, 0.5) is 17.2 Å². The number of hydrogen-bond donors (Lipinski definition) is 1. The number of benzene rings is 2. The fourth-order valence-corrected chi connectivity index (χ4v) is 2.65. The maximum absolute atomic E-state index is 12.7. The van der Waals surface area contributed by atoms with Gasteiger partial charge in [-0.3, -0.25) is 4.79 Å². The van der Waals surface area contributed by atoms with Gasteiger partial charge in [0.15, 0.2) is 0 Å². The Balaban J connectivity index is 1.73. The number of amides is 1.